The molecule has 2 heteroatoms. The summed E-state index contributed by atoms with van der Waals surface area (Å²) in [5.74, 6) is 0. The van der Waals surface area contributed by atoms with E-state index in [1.165, 1.54) is 10.5 Å². The van der Waals surface area contributed by atoms with Crippen LogP contribution in [-0.2, 0) is 6.54 Å². The number of hydrogen-bond acceptors (Lipinski definition) is 2. The monoisotopic (exact) mass is 223 g/mol. The molecule has 0 saturated heterocycles. The van der Waals surface area contributed by atoms with Crippen molar-refractivity contribution in [3.05, 3.63) is 29.8 Å². The van der Waals surface area contributed by atoms with Crippen LogP contribution in [0.5, 0.6) is 0 Å². The first kappa shape index (κ1) is 12.6. The highest BCUT2D eigenvalue weighted by Gasteiger charge is 2.13. The summed E-state index contributed by atoms with van der Waals surface area (Å²) < 4.78 is 0.280. The SMILES string of the molecule is CCNCc1ccccc1SC(C)(C)C. The van der Waals surface area contributed by atoms with Crippen molar-refractivity contribution >= 4 is 11.8 Å². The van der Waals surface area contributed by atoms with Crippen LogP contribution in [0.15, 0.2) is 29.2 Å². The molecule has 1 nitrogen and oxygen atoms in total. The van der Waals surface area contributed by atoms with Crippen molar-refractivity contribution in [2.24, 2.45) is 0 Å². The second-order valence-electron chi connectivity index (χ2n) is 4.60. The average molecular weight is 223 g/mol. The molecule has 0 aromatic heterocycles. The number of rotatable bonds is 4. The molecule has 1 aromatic rings. The Kier molecular flexibility index (Phi) is 4.68. The fourth-order valence-corrected chi connectivity index (χ4v) is 2.42. The zero-order valence-corrected chi connectivity index (χ0v) is 10.9. The Morgan fingerprint density at radius 1 is 1.20 bits per heavy atom. The summed E-state index contributed by atoms with van der Waals surface area (Å²) >= 11 is 1.94. The minimum atomic E-state index is 0.280. The van der Waals surface area contributed by atoms with E-state index in [0.29, 0.717) is 0 Å². The van der Waals surface area contributed by atoms with E-state index in [2.05, 4.69) is 57.3 Å². The molecular weight excluding hydrogens is 202 g/mol. The maximum absolute atomic E-state index is 3.38. The van der Waals surface area contributed by atoms with Crippen LogP contribution < -0.4 is 5.32 Å². The van der Waals surface area contributed by atoms with E-state index < -0.39 is 0 Å². The van der Waals surface area contributed by atoms with E-state index in [4.69, 9.17) is 0 Å². The lowest BCUT2D eigenvalue weighted by Crippen LogP contribution is -2.14. The molecule has 0 radical (unpaired) electrons. The molecule has 0 unspecified atom stereocenters. The fraction of sp³-hybridized carbons (Fsp3) is 0.538. The van der Waals surface area contributed by atoms with Gasteiger partial charge in [0.25, 0.3) is 0 Å². The second-order valence-corrected chi connectivity index (χ2v) is 6.47. The highest BCUT2D eigenvalue weighted by atomic mass is 32.2. The van der Waals surface area contributed by atoms with E-state index in [9.17, 15) is 0 Å². The van der Waals surface area contributed by atoms with Gasteiger partial charge in [0, 0.05) is 16.2 Å². The fourth-order valence-electron chi connectivity index (χ4n) is 1.34. The summed E-state index contributed by atoms with van der Waals surface area (Å²) in [6.45, 7) is 10.9. The Morgan fingerprint density at radius 3 is 2.47 bits per heavy atom. The first-order valence-corrected chi connectivity index (χ1v) is 6.32. The van der Waals surface area contributed by atoms with Gasteiger partial charge in [-0.3, -0.25) is 0 Å². The Bertz CT molecular complexity index is 302. The van der Waals surface area contributed by atoms with Gasteiger partial charge >= 0.3 is 0 Å². The summed E-state index contributed by atoms with van der Waals surface area (Å²) in [6.07, 6.45) is 0. The van der Waals surface area contributed by atoms with Crippen molar-refractivity contribution in [1.82, 2.24) is 5.32 Å². The largest absolute Gasteiger partial charge is 0.313 e. The predicted molar refractivity (Wildman–Crippen MR) is 69.4 cm³/mol. The van der Waals surface area contributed by atoms with Crippen LogP contribution in [0, 0.1) is 0 Å². The summed E-state index contributed by atoms with van der Waals surface area (Å²) in [4.78, 5) is 1.39. The third-order valence-electron chi connectivity index (χ3n) is 1.95. The number of thioether (sulfide) groups is 1. The van der Waals surface area contributed by atoms with Crippen LogP contribution in [0.2, 0.25) is 0 Å². The molecule has 1 N–H and O–H groups in total. The third kappa shape index (κ3) is 4.72. The van der Waals surface area contributed by atoms with Crippen LogP contribution in [0.3, 0.4) is 0 Å². The Hall–Kier alpha value is -0.470. The van der Waals surface area contributed by atoms with Crippen molar-refractivity contribution in [1.29, 1.82) is 0 Å². The highest BCUT2D eigenvalue weighted by Crippen LogP contribution is 2.33. The molecule has 0 aliphatic rings. The lowest BCUT2D eigenvalue weighted by atomic mass is 10.2. The van der Waals surface area contributed by atoms with Crippen molar-refractivity contribution in [3.63, 3.8) is 0 Å². The molecule has 0 saturated carbocycles. The Balaban J connectivity index is 2.77. The van der Waals surface area contributed by atoms with Crippen LogP contribution >= 0.6 is 11.8 Å². The van der Waals surface area contributed by atoms with Gasteiger partial charge in [0.1, 0.15) is 0 Å². The maximum Gasteiger partial charge on any atom is 0.0216 e. The molecule has 0 aliphatic heterocycles. The standard InChI is InChI=1S/C13H21NS/c1-5-14-10-11-8-6-7-9-12(11)15-13(2,3)4/h6-9,14H,5,10H2,1-4H3. The summed E-state index contributed by atoms with van der Waals surface area (Å²) in [5, 5.41) is 3.38. The van der Waals surface area contributed by atoms with Gasteiger partial charge in [-0.2, -0.15) is 0 Å². The summed E-state index contributed by atoms with van der Waals surface area (Å²) in [7, 11) is 0. The molecule has 0 bridgehead atoms. The van der Waals surface area contributed by atoms with Gasteiger partial charge in [0.15, 0.2) is 0 Å². The van der Waals surface area contributed by atoms with Gasteiger partial charge in [-0.25, -0.2) is 0 Å². The Labute approximate surface area is 97.7 Å². The van der Waals surface area contributed by atoms with Crippen molar-refractivity contribution in [2.75, 3.05) is 6.54 Å². The number of nitrogens with one attached hydrogen (secondary N) is 1. The summed E-state index contributed by atoms with van der Waals surface area (Å²) in [6, 6.07) is 8.64. The normalized spacial score (nSPS) is 11.7. The van der Waals surface area contributed by atoms with E-state index in [0.717, 1.165) is 13.1 Å². The zero-order valence-electron chi connectivity index (χ0n) is 10.1. The van der Waals surface area contributed by atoms with Crippen LogP contribution in [0.25, 0.3) is 0 Å². The number of hydrogen-bond donors (Lipinski definition) is 1. The van der Waals surface area contributed by atoms with Gasteiger partial charge in [0.05, 0.1) is 0 Å². The van der Waals surface area contributed by atoms with Gasteiger partial charge in [-0.15, -0.1) is 11.8 Å². The molecule has 1 rings (SSSR count). The molecular formula is C13H21NS. The Morgan fingerprint density at radius 2 is 1.87 bits per heavy atom. The van der Waals surface area contributed by atoms with Crippen LogP contribution in [0.1, 0.15) is 33.3 Å². The van der Waals surface area contributed by atoms with Gasteiger partial charge in [0.2, 0.25) is 0 Å². The van der Waals surface area contributed by atoms with Gasteiger partial charge < -0.3 is 5.32 Å². The highest BCUT2D eigenvalue weighted by molar-refractivity contribution is 8.00. The summed E-state index contributed by atoms with van der Waals surface area (Å²) in [5.41, 5.74) is 1.40. The zero-order chi connectivity index (χ0) is 11.3. The van der Waals surface area contributed by atoms with Crippen LogP contribution in [0.4, 0.5) is 0 Å². The maximum atomic E-state index is 3.38. The lowest BCUT2D eigenvalue weighted by molar-refractivity contribution is 0.716. The van der Waals surface area contributed by atoms with E-state index >= 15 is 0 Å². The van der Waals surface area contributed by atoms with Gasteiger partial charge in [-0.05, 0) is 18.2 Å². The number of benzene rings is 1. The van der Waals surface area contributed by atoms with E-state index in [1.54, 1.807) is 0 Å². The van der Waals surface area contributed by atoms with Crippen molar-refractivity contribution < 1.29 is 0 Å². The van der Waals surface area contributed by atoms with Gasteiger partial charge in [-0.1, -0.05) is 45.9 Å². The average Bonchev–Trinajstić information content (AvgIpc) is 2.14. The minimum absolute atomic E-state index is 0.280. The molecule has 0 spiro atoms. The minimum Gasteiger partial charge on any atom is -0.313 e. The van der Waals surface area contributed by atoms with E-state index in [1.807, 2.05) is 11.8 Å². The molecule has 0 aliphatic carbocycles. The molecule has 84 valence electrons. The topological polar surface area (TPSA) is 12.0 Å². The molecule has 0 atom stereocenters. The quantitative estimate of drug-likeness (QED) is 0.781. The molecule has 1 aromatic carbocycles. The predicted octanol–water partition coefficient (Wildman–Crippen LogP) is 3.69. The second kappa shape index (κ2) is 5.57. The smallest absolute Gasteiger partial charge is 0.0216 e. The lowest BCUT2D eigenvalue weighted by Gasteiger charge is -2.19. The molecule has 15 heavy (non-hydrogen) atoms. The van der Waals surface area contributed by atoms with Crippen LogP contribution in [-0.4, -0.2) is 11.3 Å². The molecule has 0 heterocycles. The third-order valence-corrected chi connectivity index (χ3v) is 3.18. The van der Waals surface area contributed by atoms with E-state index in [-0.39, 0.29) is 4.75 Å². The van der Waals surface area contributed by atoms with Crippen molar-refractivity contribution in [3.8, 4) is 0 Å². The molecule has 0 amide bonds. The first-order chi connectivity index (χ1) is 7.03. The molecule has 0 fully saturated rings. The first-order valence-electron chi connectivity index (χ1n) is 5.50. The van der Waals surface area contributed by atoms with Crippen molar-refractivity contribution in [2.45, 2.75) is 43.9 Å².